The molecule has 7 heteroatoms. The van der Waals surface area contributed by atoms with Crippen LogP contribution in [-0.4, -0.2) is 52.0 Å². The van der Waals surface area contributed by atoms with Crippen molar-refractivity contribution < 1.29 is 19.0 Å². The maximum atomic E-state index is 13.9. The van der Waals surface area contributed by atoms with Crippen molar-refractivity contribution in [2.75, 3.05) is 18.0 Å². The largest absolute Gasteiger partial charge is 0.477 e. The van der Waals surface area contributed by atoms with Gasteiger partial charge in [-0.15, -0.1) is 0 Å². The van der Waals surface area contributed by atoms with Gasteiger partial charge in [0.1, 0.15) is 18.3 Å². The Morgan fingerprint density at radius 3 is 2.76 bits per heavy atom. The fourth-order valence-electron chi connectivity index (χ4n) is 2.40. The van der Waals surface area contributed by atoms with Crippen molar-refractivity contribution in [2.24, 2.45) is 0 Å². The lowest BCUT2D eigenvalue weighted by Gasteiger charge is -2.38. The molecular weight excluding hydrogens is 277 g/mol. The Morgan fingerprint density at radius 2 is 2.14 bits per heavy atom. The van der Waals surface area contributed by atoms with Crippen molar-refractivity contribution in [1.82, 2.24) is 9.97 Å². The first kappa shape index (κ1) is 15.6. The number of alkyl halides is 1. The second-order valence-corrected chi connectivity index (χ2v) is 6.16. The molecule has 1 aliphatic rings. The van der Waals surface area contributed by atoms with Crippen molar-refractivity contribution in [3.8, 4) is 0 Å². The molecule has 0 aromatic carbocycles. The summed E-state index contributed by atoms with van der Waals surface area (Å²) >= 11 is 0. The van der Waals surface area contributed by atoms with E-state index in [1.54, 1.807) is 4.90 Å². The molecule has 2 rings (SSSR count). The van der Waals surface area contributed by atoms with Crippen LogP contribution in [0.2, 0.25) is 0 Å². The zero-order valence-electron chi connectivity index (χ0n) is 12.4. The summed E-state index contributed by atoms with van der Waals surface area (Å²) in [6.45, 7) is 6.43. The highest BCUT2D eigenvalue weighted by Gasteiger charge is 2.31. The van der Waals surface area contributed by atoms with Crippen LogP contribution in [0.4, 0.5) is 10.2 Å². The lowest BCUT2D eigenvalue weighted by atomic mass is 10.0. The molecule has 0 saturated carbocycles. The minimum Gasteiger partial charge on any atom is -0.477 e. The van der Waals surface area contributed by atoms with Crippen LogP contribution in [0.15, 0.2) is 12.4 Å². The minimum absolute atomic E-state index is 0.103. The summed E-state index contributed by atoms with van der Waals surface area (Å²) in [6.07, 6.45) is 0.233. The van der Waals surface area contributed by atoms with Gasteiger partial charge < -0.3 is 14.7 Å². The molecular formula is C14H20FN3O3. The molecule has 1 saturated heterocycles. The zero-order chi connectivity index (χ0) is 15.6. The summed E-state index contributed by atoms with van der Waals surface area (Å²) in [5, 5.41) is 8.96. The summed E-state index contributed by atoms with van der Waals surface area (Å²) in [6, 6.07) is 1.36. The Morgan fingerprint density at radius 1 is 1.43 bits per heavy atom. The molecule has 0 bridgehead atoms. The van der Waals surface area contributed by atoms with Gasteiger partial charge in [-0.2, -0.15) is 0 Å². The van der Waals surface area contributed by atoms with Crippen LogP contribution in [0.1, 0.15) is 37.7 Å². The van der Waals surface area contributed by atoms with E-state index in [4.69, 9.17) is 9.84 Å². The lowest BCUT2D eigenvalue weighted by Crippen LogP contribution is -2.47. The van der Waals surface area contributed by atoms with Gasteiger partial charge in [0, 0.05) is 19.0 Å². The highest BCUT2D eigenvalue weighted by molar-refractivity contribution is 5.86. The van der Waals surface area contributed by atoms with E-state index in [0.29, 0.717) is 18.8 Å². The van der Waals surface area contributed by atoms with Gasteiger partial charge in [0.25, 0.3) is 0 Å². The standard InChI is InChI=1S/C14H20FN3O3/c1-14(2,3)21-10-4-9(15)6-18(7-10)12-5-11(13(19)20)16-8-17-12/h5,8-10H,4,6-7H2,1-3H3,(H,19,20)/t9-,10+/m1/s1. The van der Waals surface area contributed by atoms with E-state index >= 15 is 0 Å². The van der Waals surface area contributed by atoms with E-state index in [1.165, 1.54) is 12.4 Å². The van der Waals surface area contributed by atoms with Gasteiger partial charge in [-0.25, -0.2) is 19.2 Å². The Labute approximate surface area is 123 Å². The third-order valence-corrected chi connectivity index (χ3v) is 3.08. The molecule has 0 aliphatic carbocycles. The third-order valence-electron chi connectivity index (χ3n) is 3.08. The van der Waals surface area contributed by atoms with Gasteiger partial charge >= 0.3 is 5.97 Å². The van der Waals surface area contributed by atoms with Crippen LogP contribution in [0.25, 0.3) is 0 Å². The maximum Gasteiger partial charge on any atom is 0.354 e. The molecule has 1 aromatic rings. The number of carbonyl (C=O) groups is 1. The van der Waals surface area contributed by atoms with Crippen LogP contribution in [0.3, 0.4) is 0 Å². The molecule has 1 fully saturated rings. The summed E-state index contributed by atoms with van der Waals surface area (Å²) in [7, 11) is 0. The minimum atomic E-state index is -1.13. The topological polar surface area (TPSA) is 75.5 Å². The number of hydrogen-bond donors (Lipinski definition) is 1. The summed E-state index contributed by atoms with van der Waals surface area (Å²) in [4.78, 5) is 20.4. The molecule has 0 spiro atoms. The molecule has 2 heterocycles. The predicted octanol–water partition coefficient (Wildman–Crippen LogP) is 1.91. The Balaban J connectivity index is 2.15. The van der Waals surface area contributed by atoms with E-state index in [9.17, 15) is 9.18 Å². The van der Waals surface area contributed by atoms with E-state index in [1.807, 2.05) is 20.8 Å². The molecule has 0 radical (unpaired) electrons. The monoisotopic (exact) mass is 297 g/mol. The van der Waals surface area contributed by atoms with Crippen molar-refractivity contribution >= 4 is 11.8 Å². The number of carboxylic acids is 1. The number of piperidine rings is 1. The molecule has 21 heavy (non-hydrogen) atoms. The number of anilines is 1. The van der Waals surface area contributed by atoms with Crippen LogP contribution < -0.4 is 4.90 Å². The van der Waals surface area contributed by atoms with Crippen LogP contribution in [0, 0.1) is 0 Å². The molecule has 1 aliphatic heterocycles. The number of hydrogen-bond acceptors (Lipinski definition) is 5. The van der Waals surface area contributed by atoms with Crippen molar-refractivity contribution in [1.29, 1.82) is 0 Å². The molecule has 0 amide bonds. The van der Waals surface area contributed by atoms with E-state index in [-0.39, 0.29) is 23.9 Å². The fourth-order valence-corrected chi connectivity index (χ4v) is 2.40. The maximum absolute atomic E-state index is 13.9. The highest BCUT2D eigenvalue weighted by atomic mass is 19.1. The van der Waals surface area contributed by atoms with Gasteiger partial charge in [0.05, 0.1) is 18.2 Å². The average Bonchev–Trinajstić information content (AvgIpc) is 2.36. The Hall–Kier alpha value is -1.76. The Bertz CT molecular complexity index is 518. The molecule has 6 nitrogen and oxygen atoms in total. The normalized spacial score (nSPS) is 23.1. The summed E-state index contributed by atoms with van der Waals surface area (Å²) in [5.74, 6) is -0.720. The molecule has 2 atom stereocenters. The number of carboxylic acid groups (broad SMARTS) is 1. The van der Waals surface area contributed by atoms with Gasteiger partial charge in [-0.3, -0.25) is 0 Å². The number of halogens is 1. The van der Waals surface area contributed by atoms with Crippen molar-refractivity contribution in [2.45, 2.75) is 45.1 Å². The first-order valence-corrected chi connectivity index (χ1v) is 6.87. The average molecular weight is 297 g/mol. The SMILES string of the molecule is CC(C)(C)O[C@H]1C[C@@H](F)CN(c2cc(C(=O)O)ncn2)C1. The summed E-state index contributed by atoms with van der Waals surface area (Å²) < 4.78 is 19.8. The summed E-state index contributed by atoms with van der Waals surface area (Å²) in [5.41, 5.74) is -0.458. The van der Waals surface area contributed by atoms with Crippen molar-refractivity contribution in [3.63, 3.8) is 0 Å². The fraction of sp³-hybridized carbons (Fsp3) is 0.643. The molecule has 1 aromatic heterocycles. The number of rotatable bonds is 3. The molecule has 0 unspecified atom stereocenters. The number of aromatic carboxylic acids is 1. The predicted molar refractivity (Wildman–Crippen MR) is 75.3 cm³/mol. The van der Waals surface area contributed by atoms with E-state index < -0.39 is 12.1 Å². The second-order valence-electron chi connectivity index (χ2n) is 6.16. The molecule has 1 N–H and O–H groups in total. The first-order valence-electron chi connectivity index (χ1n) is 6.87. The van der Waals surface area contributed by atoms with Gasteiger partial charge in [0.2, 0.25) is 0 Å². The lowest BCUT2D eigenvalue weighted by molar-refractivity contribution is -0.0726. The van der Waals surface area contributed by atoms with Crippen LogP contribution in [-0.2, 0) is 4.74 Å². The van der Waals surface area contributed by atoms with Gasteiger partial charge in [-0.05, 0) is 20.8 Å². The van der Waals surface area contributed by atoms with Crippen LogP contribution in [0.5, 0.6) is 0 Å². The number of nitrogens with zero attached hydrogens (tertiary/aromatic N) is 3. The second kappa shape index (κ2) is 5.93. The highest BCUT2D eigenvalue weighted by Crippen LogP contribution is 2.24. The zero-order valence-corrected chi connectivity index (χ0v) is 12.4. The van der Waals surface area contributed by atoms with Gasteiger partial charge in [0.15, 0.2) is 5.69 Å². The Kier molecular flexibility index (Phi) is 4.41. The molecule has 116 valence electrons. The van der Waals surface area contributed by atoms with E-state index in [0.717, 1.165) is 0 Å². The first-order chi connectivity index (χ1) is 9.74. The third kappa shape index (κ3) is 4.35. The van der Waals surface area contributed by atoms with E-state index in [2.05, 4.69) is 9.97 Å². The van der Waals surface area contributed by atoms with Crippen molar-refractivity contribution in [3.05, 3.63) is 18.1 Å². The number of aromatic nitrogens is 2. The smallest absolute Gasteiger partial charge is 0.354 e. The quantitative estimate of drug-likeness (QED) is 0.918. The van der Waals surface area contributed by atoms with Crippen LogP contribution >= 0.6 is 0 Å². The van der Waals surface area contributed by atoms with Gasteiger partial charge in [-0.1, -0.05) is 0 Å². The number of ether oxygens (including phenoxy) is 1.